The van der Waals surface area contributed by atoms with Gasteiger partial charge in [0.1, 0.15) is 11.5 Å². The number of aromatic nitrogens is 2. The number of nitrogens with zero attached hydrogens (tertiary/aromatic N) is 4. The van der Waals surface area contributed by atoms with E-state index in [1.165, 1.54) is 0 Å². The van der Waals surface area contributed by atoms with Gasteiger partial charge in [-0.3, -0.25) is 14.3 Å². The summed E-state index contributed by atoms with van der Waals surface area (Å²) in [6.07, 6.45) is 5.40. The molecule has 0 atom stereocenters. The lowest BCUT2D eigenvalue weighted by Crippen LogP contribution is -2.41. The van der Waals surface area contributed by atoms with Crippen molar-refractivity contribution >= 4 is 29.1 Å². The highest BCUT2D eigenvalue weighted by atomic mass is 35.5. The van der Waals surface area contributed by atoms with Crippen LogP contribution in [0, 0.1) is 6.92 Å². The van der Waals surface area contributed by atoms with Crippen LogP contribution in [-0.4, -0.2) is 87.2 Å². The number of nitrogens with one attached hydrogen (secondary N) is 1. The van der Waals surface area contributed by atoms with E-state index in [4.69, 9.17) is 25.8 Å². The fraction of sp³-hybridized carbons (Fsp3) is 0.378. The van der Waals surface area contributed by atoms with Gasteiger partial charge in [-0.05, 0) is 50.1 Å². The summed E-state index contributed by atoms with van der Waals surface area (Å²) in [6.45, 7) is 5.28. The molecular weight excluding hydrogens is 630 g/mol. The Morgan fingerprint density at radius 1 is 1.08 bits per heavy atom. The molecule has 4 aromatic rings. The third-order valence-electron chi connectivity index (χ3n) is 8.26. The first-order chi connectivity index (χ1) is 23.0. The molecule has 1 aromatic heterocycles. The highest BCUT2D eigenvalue weighted by Crippen LogP contribution is 2.40. The molecule has 1 aliphatic heterocycles. The van der Waals surface area contributed by atoms with Crippen LogP contribution < -0.4 is 24.4 Å². The summed E-state index contributed by atoms with van der Waals surface area (Å²) < 4.78 is 20.4. The standard InChI is InChI=1S/C37H44ClN5O5/c1-26-31(38)11-7-13-33(26)47-20-8-14-35(44)42-18-9-21-48-36-30(10-6-12-32(36)42)29-23-40-41(25-29)24-28-16-15-27(22-34(28)46-5)37(45)39-17-19-43(2,3)4/h6-7,10-13,15-16,22-23,25H,8-9,14,17-21,24H2,1-5H3/p+1. The molecule has 3 aromatic carbocycles. The molecule has 1 N–H and O–H groups in total. The van der Waals surface area contributed by atoms with Gasteiger partial charge in [-0.25, -0.2) is 0 Å². The number of anilines is 1. The number of carbonyl (C=O) groups is 2. The Bertz CT molecular complexity index is 1750. The van der Waals surface area contributed by atoms with Crippen LogP contribution in [0.4, 0.5) is 5.69 Å². The lowest BCUT2D eigenvalue weighted by Gasteiger charge is -2.23. The Balaban J connectivity index is 1.25. The van der Waals surface area contributed by atoms with Gasteiger partial charge in [0.25, 0.3) is 5.91 Å². The second-order valence-electron chi connectivity index (χ2n) is 12.9. The van der Waals surface area contributed by atoms with E-state index in [0.29, 0.717) is 67.8 Å². The second kappa shape index (κ2) is 15.6. The lowest BCUT2D eigenvalue weighted by molar-refractivity contribution is -0.869. The minimum absolute atomic E-state index is 0.0265. The maximum absolute atomic E-state index is 13.5. The van der Waals surface area contributed by atoms with E-state index in [1.807, 2.05) is 71.2 Å². The quantitative estimate of drug-likeness (QED) is 0.139. The summed E-state index contributed by atoms with van der Waals surface area (Å²) in [7, 11) is 7.87. The third-order valence-corrected chi connectivity index (χ3v) is 8.67. The van der Waals surface area contributed by atoms with Crippen LogP contribution in [0.15, 0.2) is 67.0 Å². The van der Waals surface area contributed by atoms with E-state index in [0.717, 1.165) is 51.1 Å². The summed E-state index contributed by atoms with van der Waals surface area (Å²) in [6, 6.07) is 16.9. The molecule has 1 aliphatic rings. The van der Waals surface area contributed by atoms with E-state index in [-0.39, 0.29) is 11.8 Å². The lowest BCUT2D eigenvalue weighted by atomic mass is 10.1. The molecule has 0 spiro atoms. The SMILES string of the molecule is COc1cc(C(=O)NCC[N+](C)(C)C)ccc1Cn1cc(-c2cccc3c2OCCCN3C(=O)CCCOc2cccc(Cl)c2C)cn1. The smallest absolute Gasteiger partial charge is 0.251 e. The molecule has 10 nitrogen and oxygen atoms in total. The van der Waals surface area contributed by atoms with E-state index in [9.17, 15) is 9.59 Å². The molecule has 0 saturated heterocycles. The highest BCUT2D eigenvalue weighted by molar-refractivity contribution is 6.31. The maximum Gasteiger partial charge on any atom is 0.251 e. The average Bonchev–Trinajstić information content (AvgIpc) is 3.41. The minimum Gasteiger partial charge on any atom is -0.496 e. The molecule has 0 aliphatic carbocycles. The van der Waals surface area contributed by atoms with E-state index in [1.54, 1.807) is 19.4 Å². The number of fused-ring (bicyclic) bond motifs is 1. The van der Waals surface area contributed by atoms with Crippen molar-refractivity contribution in [2.24, 2.45) is 0 Å². The van der Waals surface area contributed by atoms with Gasteiger partial charge < -0.3 is 28.9 Å². The van der Waals surface area contributed by atoms with Gasteiger partial charge >= 0.3 is 0 Å². The van der Waals surface area contributed by atoms with Crippen molar-refractivity contribution in [2.75, 3.05) is 66.0 Å². The topological polar surface area (TPSA) is 94.9 Å². The van der Waals surface area contributed by atoms with Gasteiger partial charge in [0.2, 0.25) is 5.91 Å². The first kappa shape index (κ1) is 34.8. The zero-order chi connectivity index (χ0) is 34.3. The number of hydrogen-bond donors (Lipinski definition) is 1. The van der Waals surface area contributed by atoms with Crippen molar-refractivity contribution in [2.45, 2.75) is 32.7 Å². The third kappa shape index (κ3) is 8.67. The molecule has 0 bridgehead atoms. The zero-order valence-electron chi connectivity index (χ0n) is 28.4. The number of halogens is 1. The van der Waals surface area contributed by atoms with E-state index >= 15 is 0 Å². The summed E-state index contributed by atoms with van der Waals surface area (Å²) in [5.74, 6) is 1.92. The van der Waals surface area contributed by atoms with Crippen LogP contribution in [-0.2, 0) is 11.3 Å². The van der Waals surface area contributed by atoms with Gasteiger partial charge in [0, 0.05) is 52.0 Å². The molecule has 2 heterocycles. The summed E-state index contributed by atoms with van der Waals surface area (Å²) >= 11 is 6.21. The Morgan fingerprint density at radius 3 is 2.69 bits per heavy atom. The van der Waals surface area contributed by atoms with Crippen molar-refractivity contribution in [1.29, 1.82) is 0 Å². The number of likely N-dealkylation sites (N-methyl/N-ethyl adjacent to an activating group) is 1. The van der Waals surface area contributed by atoms with Gasteiger partial charge in [-0.2, -0.15) is 5.10 Å². The normalized spacial score (nSPS) is 12.9. The van der Waals surface area contributed by atoms with Gasteiger partial charge in [-0.15, -0.1) is 0 Å². The number of para-hydroxylation sites is 1. The molecule has 0 saturated carbocycles. The maximum atomic E-state index is 13.5. The van der Waals surface area contributed by atoms with Crippen LogP contribution in [0.2, 0.25) is 5.02 Å². The molecule has 48 heavy (non-hydrogen) atoms. The van der Waals surface area contributed by atoms with Crippen LogP contribution in [0.1, 0.15) is 40.7 Å². The number of carbonyl (C=O) groups excluding carboxylic acids is 2. The van der Waals surface area contributed by atoms with E-state index < -0.39 is 0 Å². The van der Waals surface area contributed by atoms with Gasteiger partial charge in [-0.1, -0.05) is 35.9 Å². The Kier molecular flexibility index (Phi) is 11.3. The first-order valence-electron chi connectivity index (χ1n) is 16.3. The molecule has 254 valence electrons. The molecule has 0 fully saturated rings. The monoisotopic (exact) mass is 674 g/mol. The van der Waals surface area contributed by atoms with Crippen molar-refractivity contribution in [3.8, 4) is 28.4 Å². The van der Waals surface area contributed by atoms with Crippen LogP contribution in [0.5, 0.6) is 17.2 Å². The summed E-state index contributed by atoms with van der Waals surface area (Å²) in [5, 5.41) is 8.26. The number of ether oxygens (including phenoxy) is 3. The van der Waals surface area contributed by atoms with Crippen molar-refractivity contribution in [1.82, 2.24) is 15.1 Å². The predicted molar refractivity (Wildman–Crippen MR) is 188 cm³/mol. The summed E-state index contributed by atoms with van der Waals surface area (Å²) in [5.41, 5.74) is 4.83. The fourth-order valence-electron chi connectivity index (χ4n) is 5.56. The van der Waals surface area contributed by atoms with Crippen LogP contribution in [0.3, 0.4) is 0 Å². The Morgan fingerprint density at radius 2 is 1.90 bits per heavy atom. The predicted octanol–water partition coefficient (Wildman–Crippen LogP) is 5.98. The van der Waals surface area contributed by atoms with Crippen LogP contribution >= 0.6 is 11.6 Å². The average molecular weight is 675 g/mol. The minimum atomic E-state index is -0.132. The van der Waals surface area contributed by atoms with Crippen molar-refractivity contribution in [3.05, 3.63) is 88.7 Å². The molecule has 5 rings (SSSR count). The van der Waals surface area contributed by atoms with Crippen molar-refractivity contribution < 1.29 is 28.3 Å². The highest BCUT2D eigenvalue weighted by Gasteiger charge is 2.25. The zero-order valence-corrected chi connectivity index (χ0v) is 29.2. The first-order valence-corrected chi connectivity index (χ1v) is 16.6. The van der Waals surface area contributed by atoms with Gasteiger partial charge in [0.05, 0.1) is 73.0 Å². The number of methoxy groups -OCH3 is 1. The van der Waals surface area contributed by atoms with Crippen molar-refractivity contribution in [3.63, 3.8) is 0 Å². The van der Waals surface area contributed by atoms with E-state index in [2.05, 4.69) is 31.6 Å². The number of amides is 2. The number of hydrogen-bond acceptors (Lipinski definition) is 6. The largest absolute Gasteiger partial charge is 0.496 e. The Hall–Kier alpha value is -4.54. The molecule has 2 amide bonds. The second-order valence-corrected chi connectivity index (χ2v) is 13.3. The molecular formula is C37H45ClN5O5+. The number of benzene rings is 3. The number of quaternary nitrogens is 1. The fourth-order valence-corrected chi connectivity index (χ4v) is 5.73. The van der Waals surface area contributed by atoms with Crippen LogP contribution in [0.25, 0.3) is 11.1 Å². The molecule has 11 heteroatoms. The summed E-state index contributed by atoms with van der Waals surface area (Å²) in [4.78, 5) is 28.0. The molecule has 0 unspecified atom stereocenters. The van der Waals surface area contributed by atoms with Gasteiger partial charge in [0.15, 0.2) is 5.75 Å². The number of rotatable bonds is 13. The Labute approximate surface area is 287 Å². The molecule has 0 radical (unpaired) electrons.